The summed E-state index contributed by atoms with van der Waals surface area (Å²) in [7, 11) is -1.85. The fourth-order valence-electron chi connectivity index (χ4n) is 6.12. The van der Waals surface area contributed by atoms with Crippen molar-refractivity contribution in [3.05, 3.63) is 130 Å². The zero-order valence-electron chi connectivity index (χ0n) is 25.0. The molecule has 0 saturated heterocycles. The van der Waals surface area contributed by atoms with Gasteiger partial charge in [0.25, 0.3) is 0 Å². The smallest absolute Gasteiger partial charge is 0.206 e. The monoisotopic (exact) mass is 650 g/mol. The Balaban J connectivity index is 1.29. The maximum absolute atomic E-state index is 13.8. The van der Waals surface area contributed by atoms with Gasteiger partial charge in [0.15, 0.2) is 34.7 Å². The molecule has 2 aliphatic carbocycles. The van der Waals surface area contributed by atoms with Gasteiger partial charge < -0.3 is 9.47 Å². The van der Waals surface area contributed by atoms with Crippen LogP contribution in [-0.2, 0) is 28.9 Å². The lowest BCUT2D eigenvalue weighted by Gasteiger charge is -2.17. The molecule has 4 aromatic rings. The molecule has 0 fully saturated rings. The zero-order chi connectivity index (χ0) is 33.6. The zero-order valence-corrected chi connectivity index (χ0v) is 25.9. The van der Waals surface area contributed by atoms with Crippen molar-refractivity contribution in [1.29, 1.82) is 0 Å². The number of ether oxygens (including phenoxy) is 2. The topological polar surface area (TPSA) is 155 Å². The van der Waals surface area contributed by atoms with Gasteiger partial charge in [-0.2, -0.15) is 0 Å². The van der Waals surface area contributed by atoms with E-state index in [-0.39, 0.29) is 32.0 Å². The first-order valence-corrected chi connectivity index (χ1v) is 15.9. The third-order valence-electron chi connectivity index (χ3n) is 8.48. The van der Waals surface area contributed by atoms with Crippen molar-refractivity contribution in [3.63, 3.8) is 0 Å². The van der Waals surface area contributed by atoms with E-state index in [1.807, 2.05) is 0 Å². The summed E-state index contributed by atoms with van der Waals surface area (Å²) >= 11 is 0. The van der Waals surface area contributed by atoms with Crippen molar-refractivity contribution < 1.29 is 46.7 Å². The highest BCUT2D eigenvalue weighted by Crippen LogP contribution is 2.37. The van der Waals surface area contributed by atoms with E-state index >= 15 is 0 Å². The van der Waals surface area contributed by atoms with Crippen LogP contribution < -0.4 is 0 Å². The minimum atomic E-state index is -4.41. The fourth-order valence-corrected chi connectivity index (χ4v) is 7.44. The third-order valence-corrected chi connectivity index (χ3v) is 10.2. The molecule has 0 N–H and O–H groups in total. The second-order valence-electron chi connectivity index (χ2n) is 11.1. The van der Waals surface area contributed by atoms with Crippen LogP contribution in [0.4, 0.5) is 0 Å². The van der Waals surface area contributed by atoms with Crippen LogP contribution >= 0.6 is 0 Å². The van der Waals surface area contributed by atoms with Crippen molar-refractivity contribution in [2.75, 3.05) is 14.2 Å². The van der Waals surface area contributed by atoms with Gasteiger partial charge in [-0.3, -0.25) is 28.8 Å². The van der Waals surface area contributed by atoms with Crippen molar-refractivity contribution >= 4 is 44.5 Å². The number of carbonyl (C=O) groups is 6. The van der Waals surface area contributed by atoms with Gasteiger partial charge in [-0.05, 0) is 47.5 Å². The Labute approximate surface area is 269 Å². The van der Waals surface area contributed by atoms with E-state index in [2.05, 4.69) is 0 Å². The molecule has 2 unspecified atom stereocenters. The Kier molecular flexibility index (Phi) is 8.22. The van der Waals surface area contributed by atoms with E-state index in [0.29, 0.717) is 11.1 Å². The summed E-state index contributed by atoms with van der Waals surface area (Å²) in [5.41, 5.74) is 0.233. The Morgan fingerprint density at radius 3 is 1.21 bits per heavy atom. The first-order chi connectivity index (χ1) is 22.5. The first kappa shape index (κ1) is 31.7. The molecule has 11 heteroatoms. The molecule has 0 bridgehead atoms. The quantitative estimate of drug-likeness (QED) is 0.225. The molecule has 0 heterocycles. The maximum atomic E-state index is 13.8. The Bertz CT molecular complexity index is 1960. The predicted octanol–water partition coefficient (Wildman–Crippen LogP) is 4.42. The summed E-state index contributed by atoms with van der Waals surface area (Å²) in [6.45, 7) is 0. The number of hydrogen-bond donors (Lipinski definition) is 0. The van der Waals surface area contributed by atoms with Gasteiger partial charge in [-0.15, -0.1) is 0 Å². The molecule has 6 rings (SSSR count). The number of carbonyl (C=O) groups excluding carboxylic acids is 6. The molecule has 4 aromatic carbocycles. The average Bonchev–Trinajstić information content (AvgIpc) is 3.49. The number of fused-ring (bicyclic) bond motifs is 2. The minimum absolute atomic E-state index is 0.0996. The van der Waals surface area contributed by atoms with E-state index in [1.54, 1.807) is 60.7 Å². The number of rotatable bonds is 10. The van der Waals surface area contributed by atoms with Crippen LogP contribution in [0, 0.1) is 11.8 Å². The molecule has 47 heavy (non-hydrogen) atoms. The summed E-state index contributed by atoms with van der Waals surface area (Å²) in [5.74, 6) is -8.21. The highest BCUT2D eigenvalue weighted by Gasteiger charge is 2.48. The second-order valence-corrected chi connectivity index (χ2v) is 13.0. The van der Waals surface area contributed by atoms with Crippen LogP contribution in [0.2, 0.25) is 0 Å². The molecule has 0 spiro atoms. The van der Waals surface area contributed by atoms with Crippen molar-refractivity contribution in [3.8, 4) is 0 Å². The highest BCUT2D eigenvalue weighted by molar-refractivity contribution is 7.91. The van der Waals surface area contributed by atoms with E-state index < -0.39 is 68.6 Å². The first-order valence-electron chi connectivity index (χ1n) is 14.4. The normalized spacial score (nSPS) is 18.5. The van der Waals surface area contributed by atoms with Crippen LogP contribution in [-0.4, -0.2) is 57.3 Å². The molecule has 0 radical (unpaired) electrons. The van der Waals surface area contributed by atoms with Gasteiger partial charge in [0.05, 0.1) is 9.79 Å². The van der Waals surface area contributed by atoms with Crippen LogP contribution in [0.25, 0.3) is 0 Å². The number of Topliss-reactive ketones (excluding diaryl/α,β-unsaturated/α-hetero) is 6. The van der Waals surface area contributed by atoms with Crippen molar-refractivity contribution in [2.45, 2.75) is 22.0 Å². The van der Waals surface area contributed by atoms with E-state index in [1.165, 1.54) is 26.4 Å². The Morgan fingerprint density at radius 2 is 0.872 bits per heavy atom. The van der Waals surface area contributed by atoms with Gasteiger partial charge in [0, 0.05) is 36.5 Å². The number of sulfone groups is 1. The second kappa shape index (κ2) is 12.2. The van der Waals surface area contributed by atoms with Gasteiger partial charge in [-0.25, -0.2) is 8.42 Å². The number of hydrogen-bond acceptors (Lipinski definition) is 10. The predicted molar refractivity (Wildman–Crippen MR) is 165 cm³/mol. The summed E-state index contributed by atoms with van der Waals surface area (Å²) in [6.07, 6.45) is -2.39. The Morgan fingerprint density at radius 1 is 0.532 bits per heavy atom. The molecular formula is C36H26O10S. The largest absolute Gasteiger partial charge is 0.369 e. The summed E-state index contributed by atoms with van der Waals surface area (Å²) in [4.78, 5) is 79.3. The van der Waals surface area contributed by atoms with Gasteiger partial charge in [0.2, 0.25) is 9.84 Å². The van der Waals surface area contributed by atoms with Crippen LogP contribution in [0.5, 0.6) is 0 Å². The molecule has 2 aliphatic rings. The molecule has 4 atom stereocenters. The lowest BCUT2D eigenvalue weighted by atomic mass is 9.91. The Hall–Kier alpha value is -5.23. The molecular weight excluding hydrogens is 624 g/mol. The van der Waals surface area contributed by atoms with Crippen molar-refractivity contribution in [1.82, 2.24) is 0 Å². The van der Waals surface area contributed by atoms with Crippen LogP contribution in [0.15, 0.2) is 107 Å². The molecule has 0 aliphatic heterocycles. The average molecular weight is 651 g/mol. The van der Waals surface area contributed by atoms with E-state index in [9.17, 15) is 37.2 Å². The summed E-state index contributed by atoms with van der Waals surface area (Å²) in [5, 5.41) is 0. The SMILES string of the molecule is CO[C@@H](C(=O)C1C(=O)c2ccc(S(=O)(=O)c3ccc4c(c3)C(=O)C(C(=O)[C@H](OC)c3ccccc3)C4=O)cc2C1=O)c1ccccc1. The standard InChI is InChI=1S/C36H26O10S/c1-45-35(19-9-5-3-6-10-19)33(41)27-29(37)23-15-13-21(17-25(23)31(27)39)47(43,44)22-14-16-24-26(18-22)32(40)28(30(24)38)34(42)36(46-2)20-11-7-4-8-12-20/h3-18,27-28,35-36H,1-2H3/t27?,28?,35-,36-/m1/s1. The molecule has 0 amide bonds. The van der Waals surface area contributed by atoms with Crippen LogP contribution in [0.1, 0.15) is 64.8 Å². The summed E-state index contributed by atoms with van der Waals surface area (Å²) in [6, 6.07) is 23.4. The molecule has 236 valence electrons. The molecule has 0 saturated carbocycles. The number of ketones is 6. The molecule has 10 nitrogen and oxygen atoms in total. The minimum Gasteiger partial charge on any atom is -0.369 e. The lowest BCUT2D eigenvalue weighted by Crippen LogP contribution is -2.31. The number of benzene rings is 4. The lowest BCUT2D eigenvalue weighted by molar-refractivity contribution is -0.131. The maximum Gasteiger partial charge on any atom is 0.206 e. The third kappa shape index (κ3) is 5.18. The van der Waals surface area contributed by atoms with Gasteiger partial charge in [0.1, 0.15) is 24.0 Å². The number of methoxy groups -OCH3 is 2. The summed E-state index contributed by atoms with van der Waals surface area (Å²) < 4.78 is 38.2. The van der Waals surface area contributed by atoms with Gasteiger partial charge in [-0.1, -0.05) is 60.7 Å². The van der Waals surface area contributed by atoms with Crippen molar-refractivity contribution in [2.24, 2.45) is 11.8 Å². The van der Waals surface area contributed by atoms with Crippen LogP contribution in [0.3, 0.4) is 0 Å². The van der Waals surface area contributed by atoms with Gasteiger partial charge >= 0.3 is 0 Å². The molecule has 0 aromatic heterocycles. The van der Waals surface area contributed by atoms with E-state index in [4.69, 9.17) is 9.47 Å². The fraction of sp³-hybridized carbons (Fsp3) is 0.167. The van der Waals surface area contributed by atoms with E-state index in [0.717, 1.165) is 24.3 Å². The highest BCUT2D eigenvalue weighted by atomic mass is 32.2.